The molecule has 2 aromatic carbocycles. The number of carbonyl (C=O) groups excluding carboxylic acids is 2. The minimum absolute atomic E-state index is 0.0892. The predicted octanol–water partition coefficient (Wildman–Crippen LogP) is 6.06. The maximum absolute atomic E-state index is 12.0. The lowest BCUT2D eigenvalue weighted by Gasteiger charge is -2.57. The lowest BCUT2D eigenvalue weighted by atomic mass is 9.48. The highest BCUT2D eigenvalue weighted by molar-refractivity contribution is 5.87. The van der Waals surface area contributed by atoms with Crippen molar-refractivity contribution in [3.63, 3.8) is 0 Å². The third-order valence-electron chi connectivity index (χ3n) is 8.14. The van der Waals surface area contributed by atoms with E-state index in [0.29, 0.717) is 0 Å². The number of ether oxygens (including phenoxy) is 2. The summed E-state index contributed by atoms with van der Waals surface area (Å²) in [6.07, 6.45) is 10.8. The summed E-state index contributed by atoms with van der Waals surface area (Å²) >= 11 is 0. The maximum Gasteiger partial charge on any atom is 0.331 e. The number of carbonyl (C=O) groups is 2. The molecule has 6 nitrogen and oxygen atoms in total. The minimum Gasteiger partial charge on any atom is -0.483 e. The first kappa shape index (κ1) is 25.5. The Kier molecular flexibility index (Phi) is 6.88. The summed E-state index contributed by atoms with van der Waals surface area (Å²) in [6.45, 7) is 5.34. The van der Waals surface area contributed by atoms with Crippen molar-refractivity contribution in [3.8, 4) is 16.9 Å². The summed E-state index contributed by atoms with van der Waals surface area (Å²) in [5.74, 6) is 2.16. The largest absolute Gasteiger partial charge is 0.483 e. The predicted molar refractivity (Wildman–Crippen MR) is 142 cm³/mol. The molecule has 1 amide bonds. The van der Waals surface area contributed by atoms with Crippen LogP contribution in [0.1, 0.15) is 70.4 Å². The van der Waals surface area contributed by atoms with Gasteiger partial charge in [0.05, 0.1) is 0 Å². The third-order valence-corrected chi connectivity index (χ3v) is 8.14. The number of esters is 1. The monoisotopic (exact) mass is 503 g/mol. The molecule has 0 heterocycles. The Labute approximate surface area is 219 Å². The van der Waals surface area contributed by atoms with Gasteiger partial charge in [-0.2, -0.15) is 0 Å². The zero-order valence-corrected chi connectivity index (χ0v) is 22.0. The molecule has 2 aromatic rings. The standard InChI is InChI=1S/C31H37NO5/c1-30(2,3)37-29(34)11-6-20-4-7-24(8-5-20)25-9-10-27(36-19-28(33)32-35)26(15-25)31-16-21-12-22(17-31)14-23(13-21)18-31/h4-11,15,21-23,35H,12-14,16-19H2,1-3H3,(H,32,33). The van der Waals surface area contributed by atoms with Gasteiger partial charge < -0.3 is 9.47 Å². The van der Waals surface area contributed by atoms with Crippen LogP contribution in [0.15, 0.2) is 48.5 Å². The Morgan fingerprint density at radius 1 is 0.973 bits per heavy atom. The molecule has 0 unspecified atom stereocenters. The first-order valence-corrected chi connectivity index (χ1v) is 13.3. The molecule has 4 saturated carbocycles. The highest BCUT2D eigenvalue weighted by Gasteiger charge is 2.52. The Morgan fingerprint density at radius 2 is 1.57 bits per heavy atom. The molecule has 4 bridgehead atoms. The van der Waals surface area contributed by atoms with E-state index in [-0.39, 0.29) is 18.0 Å². The molecular weight excluding hydrogens is 466 g/mol. The normalized spacial score (nSPS) is 26.3. The number of amides is 1. The Bertz CT molecular complexity index is 1160. The van der Waals surface area contributed by atoms with Crippen molar-refractivity contribution in [1.29, 1.82) is 0 Å². The maximum atomic E-state index is 12.0. The molecule has 0 atom stereocenters. The van der Waals surface area contributed by atoms with Gasteiger partial charge in [0.25, 0.3) is 5.91 Å². The van der Waals surface area contributed by atoms with E-state index in [9.17, 15) is 9.59 Å². The van der Waals surface area contributed by atoms with Gasteiger partial charge in [0.15, 0.2) is 6.61 Å². The molecular formula is C31H37NO5. The summed E-state index contributed by atoms with van der Waals surface area (Å²) in [5.41, 5.74) is 5.54. The van der Waals surface area contributed by atoms with Gasteiger partial charge in [0, 0.05) is 11.6 Å². The van der Waals surface area contributed by atoms with Crippen LogP contribution in [-0.2, 0) is 19.7 Å². The van der Waals surface area contributed by atoms with Crippen LogP contribution in [0.3, 0.4) is 0 Å². The van der Waals surface area contributed by atoms with E-state index < -0.39 is 11.5 Å². The van der Waals surface area contributed by atoms with Gasteiger partial charge in [-0.3, -0.25) is 10.0 Å². The third kappa shape index (κ3) is 5.74. The van der Waals surface area contributed by atoms with E-state index in [0.717, 1.165) is 40.2 Å². The van der Waals surface area contributed by atoms with Gasteiger partial charge in [-0.1, -0.05) is 30.3 Å². The molecule has 0 aliphatic heterocycles. The molecule has 0 saturated heterocycles. The van der Waals surface area contributed by atoms with Crippen molar-refractivity contribution < 1.29 is 24.3 Å². The van der Waals surface area contributed by atoms with E-state index in [2.05, 4.69) is 18.2 Å². The van der Waals surface area contributed by atoms with Crippen molar-refractivity contribution in [2.24, 2.45) is 17.8 Å². The second kappa shape index (κ2) is 9.97. The van der Waals surface area contributed by atoms with Crippen molar-refractivity contribution in [2.75, 3.05) is 6.61 Å². The molecule has 2 N–H and O–H groups in total. The first-order valence-electron chi connectivity index (χ1n) is 13.3. The average molecular weight is 504 g/mol. The zero-order valence-electron chi connectivity index (χ0n) is 22.0. The van der Waals surface area contributed by atoms with E-state index in [1.165, 1.54) is 50.2 Å². The Balaban J connectivity index is 1.41. The summed E-state index contributed by atoms with van der Waals surface area (Å²) in [7, 11) is 0. The van der Waals surface area contributed by atoms with Crippen LogP contribution in [0.25, 0.3) is 17.2 Å². The van der Waals surface area contributed by atoms with Gasteiger partial charge in [-0.05, 0) is 117 Å². The van der Waals surface area contributed by atoms with Crippen molar-refractivity contribution in [3.05, 3.63) is 59.7 Å². The molecule has 6 rings (SSSR count). The number of hydroxylamine groups is 1. The number of hydrogen-bond donors (Lipinski definition) is 2. The Morgan fingerprint density at radius 3 is 2.14 bits per heavy atom. The number of hydrogen-bond acceptors (Lipinski definition) is 5. The molecule has 0 radical (unpaired) electrons. The van der Waals surface area contributed by atoms with Crippen LogP contribution < -0.4 is 10.2 Å². The van der Waals surface area contributed by atoms with Crippen LogP contribution in [-0.4, -0.2) is 29.3 Å². The van der Waals surface area contributed by atoms with Crippen LogP contribution in [0.4, 0.5) is 0 Å². The fraction of sp³-hybridized carbons (Fsp3) is 0.484. The molecule has 0 spiro atoms. The topological polar surface area (TPSA) is 84.9 Å². The quantitative estimate of drug-likeness (QED) is 0.208. The highest BCUT2D eigenvalue weighted by atomic mass is 16.6. The number of nitrogens with one attached hydrogen (secondary N) is 1. The van der Waals surface area contributed by atoms with Crippen molar-refractivity contribution in [2.45, 2.75) is 70.3 Å². The molecule has 0 aromatic heterocycles. The molecule has 6 heteroatoms. The van der Waals surface area contributed by atoms with Crippen LogP contribution in [0.2, 0.25) is 0 Å². The van der Waals surface area contributed by atoms with Crippen LogP contribution in [0.5, 0.6) is 5.75 Å². The van der Waals surface area contributed by atoms with Gasteiger partial charge in [0.2, 0.25) is 0 Å². The lowest BCUT2D eigenvalue weighted by molar-refractivity contribution is -0.148. The first-order chi connectivity index (χ1) is 17.6. The summed E-state index contributed by atoms with van der Waals surface area (Å²) in [4.78, 5) is 23.7. The number of rotatable bonds is 7. The highest BCUT2D eigenvalue weighted by Crippen LogP contribution is 2.62. The summed E-state index contributed by atoms with van der Waals surface area (Å²) in [5, 5.41) is 8.94. The van der Waals surface area contributed by atoms with E-state index in [4.69, 9.17) is 14.7 Å². The molecule has 4 aliphatic carbocycles. The van der Waals surface area contributed by atoms with Crippen molar-refractivity contribution >= 4 is 18.0 Å². The summed E-state index contributed by atoms with van der Waals surface area (Å²) in [6, 6.07) is 14.4. The SMILES string of the molecule is CC(C)(C)OC(=O)C=Cc1ccc(-c2ccc(OCC(=O)NO)c(C34CC5CC(CC(C5)C3)C4)c2)cc1. The fourth-order valence-corrected chi connectivity index (χ4v) is 7.15. The fourth-order valence-electron chi connectivity index (χ4n) is 7.15. The second-order valence-electron chi connectivity index (χ2n) is 12.2. The van der Waals surface area contributed by atoms with Crippen molar-refractivity contribution in [1.82, 2.24) is 5.48 Å². The smallest absolute Gasteiger partial charge is 0.331 e. The lowest BCUT2D eigenvalue weighted by Crippen LogP contribution is -2.48. The van der Waals surface area contributed by atoms with Gasteiger partial charge >= 0.3 is 5.97 Å². The van der Waals surface area contributed by atoms with Gasteiger partial charge in [-0.25, -0.2) is 10.3 Å². The second-order valence-corrected chi connectivity index (χ2v) is 12.2. The van der Waals surface area contributed by atoms with E-state index >= 15 is 0 Å². The summed E-state index contributed by atoms with van der Waals surface area (Å²) < 4.78 is 11.3. The molecule has 4 aliphatic rings. The minimum atomic E-state index is -0.560. The van der Waals surface area contributed by atoms with Gasteiger partial charge in [-0.15, -0.1) is 0 Å². The number of benzene rings is 2. The van der Waals surface area contributed by atoms with E-state index in [1.807, 2.05) is 45.0 Å². The molecule has 196 valence electrons. The van der Waals surface area contributed by atoms with Crippen LogP contribution in [0, 0.1) is 17.8 Å². The van der Waals surface area contributed by atoms with E-state index in [1.54, 1.807) is 11.6 Å². The van der Waals surface area contributed by atoms with Gasteiger partial charge in [0.1, 0.15) is 11.4 Å². The zero-order chi connectivity index (χ0) is 26.2. The molecule has 37 heavy (non-hydrogen) atoms. The van der Waals surface area contributed by atoms with Crippen LogP contribution >= 0.6 is 0 Å². The molecule has 4 fully saturated rings. The average Bonchev–Trinajstić information content (AvgIpc) is 2.84. The Hall–Kier alpha value is -3.12.